The summed E-state index contributed by atoms with van der Waals surface area (Å²) in [5, 5.41) is 13.3. The average molecular weight is 290 g/mol. The summed E-state index contributed by atoms with van der Waals surface area (Å²) in [5.74, 6) is -0.644. The number of halogens is 2. The molecule has 1 aromatic rings. The zero-order chi connectivity index (χ0) is 13.9. The van der Waals surface area contributed by atoms with Gasteiger partial charge in [-0.15, -0.1) is 0 Å². The molecule has 3 nitrogen and oxygen atoms in total. The molecule has 0 aliphatic rings. The highest BCUT2D eigenvalue weighted by Crippen LogP contribution is 2.31. The lowest BCUT2D eigenvalue weighted by Crippen LogP contribution is -2.48. The van der Waals surface area contributed by atoms with Crippen LogP contribution in [0.15, 0.2) is 18.2 Å². The van der Waals surface area contributed by atoms with Gasteiger partial charge in [0, 0.05) is 15.6 Å². The van der Waals surface area contributed by atoms with Crippen molar-refractivity contribution >= 4 is 29.2 Å². The van der Waals surface area contributed by atoms with E-state index in [2.05, 4.69) is 5.32 Å². The highest BCUT2D eigenvalue weighted by atomic mass is 35.5. The van der Waals surface area contributed by atoms with Gasteiger partial charge in [-0.05, 0) is 37.6 Å². The molecule has 0 amide bonds. The lowest BCUT2D eigenvalue weighted by atomic mass is 9.91. The summed E-state index contributed by atoms with van der Waals surface area (Å²) in [5.41, 5.74) is -0.767. The van der Waals surface area contributed by atoms with E-state index in [1.165, 1.54) is 0 Å². The van der Waals surface area contributed by atoms with E-state index in [9.17, 15) is 9.90 Å². The van der Waals surface area contributed by atoms with E-state index in [0.717, 1.165) is 0 Å². The highest BCUT2D eigenvalue weighted by molar-refractivity contribution is 6.33. The van der Waals surface area contributed by atoms with Crippen LogP contribution in [0.4, 0.5) is 0 Å². The van der Waals surface area contributed by atoms with Crippen LogP contribution in [0.3, 0.4) is 0 Å². The van der Waals surface area contributed by atoms with E-state index in [-0.39, 0.29) is 0 Å². The van der Waals surface area contributed by atoms with Gasteiger partial charge in [0.05, 0.1) is 0 Å². The zero-order valence-electron chi connectivity index (χ0n) is 10.6. The molecule has 100 valence electrons. The van der Waals surface area contributed by atoms with Crippen LogP contribution in [0.2, 0.25) is 10.0 Å². The normalized spacial score (nSPS) is 14.6. The Labute approximate surface area is 117 Å². The van der Waals surface area contributed by atoms with E-state index in [4.69, 9.17) is 23.2 Å². The molecule has 1 atom stereocenters. The molecular weight excluding hydrogens is 273 g/mol. The summed E-state index contributed by atoms with van der Waals surface area (Å²) in [4.78, 5) is 11.5. The fourth-order valence-corrected chi connectivity index (χ4v) is 2.05. The van der Waals surface area contributed by atoms with Gasteiger partial charge < -0.3 is 5.11 Å². The summed E-state index contributed by atoms with van der Waals surface area (Å²) in [6, 6.07) is 4.83. The predicted octanol–water partition coefficient (Wildman–Crippen LogP) is 3.54. The van der Waals surface area contributed by atoms with Gasteiger partial charge in [-0.3, -0.25) is 5.32 Å². The first-order valence-corrected chi connectivity index (χ1v) is 6.47. The summed E-state index contributed by atoms with van der Waals surface area (Å²) >= 11 is 12.0. The summed E-state index contributed by atoms with van der Waals surface area (Å²) in [7, 11) is 0. The van der Waals surface area contributed by atoms with E-state index >= 15 is 0 Å². The fraction of sp³-hybridized carbons (Fsp3) is 0.462. The smallest absolute Gasteiger partial charge is 0.328 e. The standard InChI is InChI=1S/C13H17Cl2NO2/c1-8(2)7-16-13(3,12(17)18)10-6-9(14)4-5-11(10)15/h4-6,8,16H,7H2,1-3H3,(H,17,18). The Kier molecular flexibility index (Phi) is 5.02. The zero-order valence-corrected chi connectivity index (χ0v) is 12.1. The summed E-state index contributed by atoms with van der Waals surface area (Å²) < 4.78 is 0. The maximum absolute atomic E-state index is 11.5. The monoisotopic (exact) mass is 289 g/mol. The Morgan fingerprint density at radius 1 is 1.44 bits per heavy atom. The molecule has 0 aliphatic heterocycles. The third kappa shape index (κ3) is 3.37. The lowest BCUT2D eigenvalue weighted by Gasteiger charge is -2.29. The van der Waals surface area contributed by atoms with Crippen LogP contribution >= 0.6 is 23.2 Å². The number of carboxylic acids is 1. The van der Waals surface area contributed by atoms with Crippen LogP contribution in [0.1, 0.15) is 26.3 Å². The summed E-state index contributed by atoms with van der Waals surface area (Å²) in [6.45, 7) is 6.19. The van der Waals surface area contributed by atoms with Crippen LogP contribution < -0.4 is 5.32 Å². The second kappa shape index (κ2) is 5.91. The molecule has 0 fully saturated rings. The molecular formula is C13H17Cl2NO2. The van der Waals surface area contributed by atoms with Crippen molar-refractivity contribution in [2.45, 2.75) is 26.3 Å². The number of hydrogen-bond donors (Lipinski definition) is 2. The van der Waals surface area contributed by atoms with Gasteiger partial charge in [-0.1, -0.05) is 37.0 Å². The van der Waals surface area contributed by atoms with Crippen LogP contribution in [-0.4, -0.2) is 17.6 Å². The van der Waals surface area contributed by atoms with Crippen molar-refractivity contribution in [1.82, 2.24) is 5.32 Å². The van der Waals surface area contributed by atoms with Crippen LogP contribution in [-0.2, 0) is 10.3 Å². The Morgan fingerprint density at radius 3 is 2.56 bits per heavy atom. The van der Waals surface area contributed by atoms with Gasteiger partial charge >= 0.3 is 5.97 Å². The van der Waals surface area contributed by atoms with Crippen molar-refractivity contribution in [3.8, 4) is 0 Å². The number of carboxylic acid groups (broad SMARTS) is 1. The van der Waals surface area contributed by atoms with E-state index < -0.39 is 11.5 Å². The summed E-state index contributed by atoms with van der Waals surface area (Å²) in [6.07, 6.45) is 0. The van der Waals surface area contributed by atoms with Crippen molar-refractivity contribution in [3.05, 3.63) is 33.8 Å². The second-order valence-corrected chi connectivity index (χ2v) is 5.67. The van der Waals surface area contributed by atoms with Crippen molar-refractivity contribution in [2.75, 3.05) is 6.54 Å². The maximum atomic E-state index is 11.5. The highest BCUT2D eigenvalue weighted by Gasteiger charge is 2.36. The number of benzene rings is 1. The molecule has 0 saturated heterocycles. The molecule has 5 heteroatoms. The molecule has 0 heterocycles. The van der Waals surface area contributed by atoms with Gasteiger partial charge in [0.25, 0.3) is 0 Å². The molecule has 0 aromatic heterocycles. The molecule has 2 N–H and O–H groups in total. The maximum Gasteiger partial charge on any atom is 0.328 e. The molecule has 0 saturated carbocycles. The van der Waals surface area contributed by atoms with Gasteiger partial charge in [0.15, 0.2) is 0 Å². The first kappa shape index (κ1) is 15.3. The molecule has 1 unspecified atom stereocenters. The average Bonchev–Trinajstić information content (AvgIpc) is 2.29. The van der Waals surface area contributed by atoms with E-state index in [0.29, 0.717) is 28.1 Å². The minimum atomic E-state index is -1.24. The van der Waals surface area contributed by atoms with Crippen molar-refractivity contribution in [1.29, 1.82) is 0 Å². The third-order valence-electron chi connectivity index (χ3n) is 2.76. The fourth-order valence-electron chi connectivity index (χ4n) is 1.57. The van der Waals surface area contributed by atoms with Gasteiger partial charge in [-0.2, -0.15) is 0 Å². The minimum absolute atomic E-state index is 0.335. The Morgan fingerprint density at radius 2 is 2.06 bits per heavy atom. The topological polar surface area (TPSA) is 49.3 Å². The number of nitrogens with one attached hydrogen (secondary N) is 1. The van der Waals surface area contributed by atoms with E-state index in [1.807, 2.05) is 13.8 Å². The predicted molar refractivity (Wildman–Crippen MR) is 74.3 cm³/mol. The second-order valence-electron chi connectivity index (χ2n) is 4.83. The SMILES string of the molecule is CC(C)CNC(C)(C(=O)O)c1cc(Cl)ccc1Cl. The van der Waals surface area contributed by atoms with Crippen LogP contribution in [0.25, 0.3) is 0 Å². The number of aliphatic carboxylic acids is 1. The largest absolute Gasteiger partial charge is 0.480 e. The first-order valence-electron chi connectivity index (χ1n) is 5.71. The molecule has 1 rings (SSSR count). The number of carbonyl (C=O) groups is 1. The number of rotatable bonds is 5. The molecule has 18 heavy (non-hydrogen) atoms. The lowest BCUT2D eigenvalue weighted by molar-refractivity contribution is -0.144. The van der Waals surface area contributed by atoms with Crippen LogP contribution in [0.5, 0.6) is 0 Å². The quantitative estimate of drug-likeness (QED) is 0.872. The van der Waals surface area contributed by atoms with Crippen molar-refractivity contribution < 1.29 is 9.90 Å². The molecule has 0 spiro atoms. The minimum Gasteiger partial charge on any atom is -0.480 e. The third-order valence-corrected chi connectivity index (χ3v) is 3.32. The Balaban J connectivity index is 3.18. The van der Waals surface area contributed by atoms with Gasteiger partial charge in [0.1, 0.15) is 5.54 Å². The first-order chi connectivity index (χ1) is 8.27. The molecule has 1 aromatic carbocycles. The Bertz CT molecular complexity index is 449. The van der Waals surface area contributed by atoms with Gasteiger partial charge in [-0.25, -0.2) is 4.79 Å². The van der Waals surface area contributed by atoms with E-state index in [1.54, 1.807) is 25.1 Å². The Hall–Kier alpha value is -0.770. The molecule has 0 bridgehead atoms. The number of hydrogen-bond acceptors (Lipinski definition) is 2. The molecule has 0 radical (unpaired) electrons. The van der Waals surface area contributed by atoms with Crippen LogP contribution in [0, 0.1) is 5.92 Å². The van der Waals surface area contributed by atoms with Crippen molar-refractivity contribution in [3.63, 3.8) is 0 Å². The van der Waals surface area contributed by atoms with Gasteiger partial charge in [0.2, 0.25) is 0 Å². The van der Waals surface area contributed by atoms with Crippen molar-refractivity contribution in [2.24, 2.45) is 5.92 Å². The molecule has 0 aliphatic carbocycles.